The summed E-state index contributed by atoms with van der Waals surface area (Å²) < 4.78 is 10.1. The van der Waals surface area contributed by atoms with Gasteiger partial charge in [0.05, 0.1) is 17.6 Å². The normalized spacial score (nSPS) is 26.7. The van der Waals surface area contributed by atoms with Crippen molar-refractivity contribution in [1.29, 1.82) is 0 Å². The quantitative estimate of drug-likeness (QED) is 0.296. The van der Waals surface area contributed by atoms with Crippen LogP contribution in [0.4, 0.5) is 0 Å². The molecular formula is C10H15ClO3. The minimum Gasteiger partial charge on any atom is -0.461 e. The summed E-state index contributed by atoms with van der Waals surface area (Å²) >= 11 is 5.95. The number of ether oxygens (including phenoxy) is 2. The third-order valence-corrected chi connectivity index (χ3v) is 2.46. The van der Waals surface area contributed by atoms with E-state index >= 15 is 0 Å². The standard InChI is InChI=1S/C10H15ClO3/c1-3-8-9(14-8)5-7(11)6-13-10(12)4-2/h4,7-9H,2-3,5-6H2,1H3. The van der Waals surface area contributed by atoms with Gasteiger partial charge < -0.3 is 9.47 Å². The maximum Gasteiger partial charge on any atom is 0.330 e. The van der Waals surface area contributed by atoms with Crippen molar-refractivity contribution in [3.05, 3.63) is 12.7 Å². The molecular weight excluding hydrogens is 204 g/mol. The number of hydrogen-bond donors (Lipinski definition) is 0. The molecule has 0 aliphatic carbocycles. The van der Waals surface area contributed by atoms with Gasteiger partial charge in [-0.1, -0.05) is 13.5 Å². The van der Waals surface area contributed by atoms with Gasteiger partial charge in [-0.15, -0.1) is 11.6 Å². The molecule has 1 saturated heterocycles. The third kappa shape index (κ3) is 3.68. The van der Waals surface area contributed by atoms with Crippen LogP contribution in [0.15, 0.2) is 12.7 Å². The SMILES string of the molecule is C=CC(=O)OCC(Cl)CC1OC1CC. The van der Waals surface area contributed by atoms with Crippen molar-refractivity contribution in [1.82, 2.24) is 0 Å². The summed E-state index contributed by atoms with van der Waals surface area (Å²) in [6.07, 6.45) is 3.49. The number of carbonyl (C=O) groups excluding carboxylic acids is 1. The molecule has 1 aliphatic rings. The smallest absolute Gasteiger partial charge is 0.330 e. The largest absolute Gasteiger partial charge is 0.461 e. The van der Waals surface area contributed by atoms with E-state index in [1.807, 2.05) is 0 Å². The molecule has 0 saturated carbocycles. The molecule has 0 spiro atoms. The lowest BCUT2D eigenvalue weighted by Crippen LogP contribution is -2.15. The summed E-state index contributed by atoms with van der Waals surface area (Å²) in [5.41, 5.74) is 0. The van der Waals surface area contributed by atoms with Crippen LogP contribution in [0.2, 0.25) is 0 Å². The van der Waals surface area contributed by atoms with Crippen LogP contribution in [-0.4, -0.2) is 30.2 Å². The van der Waals surface area contributed by atoms with Gasteiger partial charge in [0.25, 0.3) is 0 Å². The topological polar surface area (TPSA) is 38.8 Å². The minimum absolute atomic E-state index is 0.166. The Morgan fingerprint density at radius 3 is 2.93 bits per heavy atom. The number of esters is 1. The van der Waals surface area contributed by atoms with E-state index in [0.29, 0.717) is 6.10 Å². The molecule has 0 N–H and O–H groups in total. The summed E-state index contributed by atoms with van der Waals surface area (Å²) in [5, 5.41) is -0.166. The molecule has 3 nitrogen and oxygen atoms in total. The highest BCUT2D eigenvalue weighted by Crippen LogP contribution is 2.30. The predicted octanol–water partition coefficient (Wildman–Crippen LogP) is 1.89. The first kappa shape index (κ1) is 11.5. The van der Waals surface area contributed by atoms with Crippen LogP contribution < -0.4 is 0 Å². The van der Waals surface area contributed by atoms with E-state index in [9.17, 15) is 4.79 Å². The Bertz CT molecular complexity index is 217. The van der Waals surface area contributed by atoms with E-state index < -0.39 is 5.97 Å². The monoisotopic (exact) mass is 218 g/mol. The summed E-state index contributed by atoms with van der Waals surface area (Å²) in [5.74, 6) is -0.431. The summed E-state index contributed by atoms with van der Waals surface area (Å²) in [4.78, 5) is 10.7. The van der Waals surface area contributed by atoms with Gasteiger partial charge in [-0.25, -0.2) is 4.79 Å². The van der Waals surface area contributed by atoms with Crippen LogP contribution in [0.3, 0.4) is 0 Å². The molecule has 4 heteroatoms. The zero-order valence-electron chi connectivity index (χ0n) is 8.24. The maximum atomic E-state index is 10.7. The maximum absolute atomic E-state index is 10.7. The van der Waals surface area contributed by atoms with Crippen molar-refractivity contribution in [3.63, 3.8) is 0 Å². The average molecular weight is 219 g/mol. The van der Waals surface area contributed by atoms with Crippen LogP contribution in [0, 0.1) is 0 Å². The van der Waals surface area contributed by atoms with Crippen molar-refractivity contribution < 1.29 is 14.3 Å². The van der Waals surface area contributed by atoms with Crippen molar-refractivity contribution in [2.24, 2.45) is 0 Å². The fourth-order valence-electron chi connectivity index (χ4n) is 1.30. The first-order valence-electron chi connectivity index (χ1n) is 4.76. The molecule has 1 fully saturated rings. The Morgan fingerprint density at radius 1 is 1.71 bits per heavy atom. The third-order valence-electron chi connectivity index (χ3n) is 2.15. The number of carbonyl (C=O) groups is 1. The molecule has 0 radical (unpaired) electrons. The first-order chi connectivity index (χ1) is 6.67. The molecule has 1 rings (SSSR count). The molecule has 0 aromatic rings. The second kappa shape index (κ2) is 5.37. The van der Waals surface area contributed by atoms with Gasteiger partial charge in [0, 0.05) is 6.08 Å². The fourth-order valence-corrected chi connectivity index (χ4v) is 1.54. The van der Waals surface area contributed by atoms with Crippen LogP contribution in [0.5, 0.6) is 0 Å². The summed E-state index contributed by atoms with van der Waals surface area (Å²) in [6, 6.07) is 0. The van der Waals surface area contributed by atoms with Crippen LogP contribution in [0.25, 0.3) is 0 Å². The van der Waals surface area contributed by atoms with Crippen molar-refractivity contribution in [2.75, 3.05) is 6.61 Å². The van der Waals surface area contributed by atoms with Crippen molar-refractivity contribution in [2.45, 2.75) is 37.4 Å². The minimum atomic E-state index is -0.431. The molecule has 3 atom stereocenters. The van der Waals surface area contributed by atoms with E-state index in [4.69, 9.17) is 21.1 Å². The Hall–Kier alpha value is -0.540. The lowest BCUT2D eigenvalue weighted by molar-refractivity contribution is -0.137. The van der Waals surface area contributed by atoms with Gasteiger partial charge in [0.15, 0.2) is 0 Å². The molecule has 1 heterocycles. The molecule has 80 valence electrons. The Kier molecular flexibility index (Phi) is 4.42. The molecule has 0 aromatic carbocycles. The molecule has 0 bridgehead atoms. The number of hydrogen-bond acceptors (Lipinski definition) is 3. The highest BCUT2D eigenvalue weighted by Gasteiger charge is 2.38. The van der Waals surface area contributed by atoms with Crippen LogP contribution in [0.1, 0.15) is 19.8 Å². The van der Waals surface area contributed by atoms with E-state index in [0.717, 1.165) is 18.9 Å². The van der Waals surface area contributed by atoms with Gasteiger partial charge in [-0.05, 0) is 12.8 Å². The van der Waals surface area contributed by atoms with E-state index in [1.165, 1.54) is 0 Å². The fraction of sp³-hybridized carbons (Fsp3) is 0.700. The summed E-state index contributed by atoms with van der Waals surface area (Å²) in [7, 11) is 0. The van der Waals surface area contributed by atoms with Gasteiger partial charge in [-0.2, -0.15) is 0 Å². The van der Waals surface area contributed by atoms with E-state index in [-0.39, 0.29) is 18.1 Å². The summed E-state index contributed by atoms with van der Waals surface area (Å²) in [6.45, 7) is 5.59. The number of halogens is 1. The van der Waals surface area contributed by atoms with Crippen LogP contribution >= 0.6 is 11.6 Å². The van der Waals surface area contributed by atoms with Gasteiger partial charge in [-0.3, -0.25) is 0 Å². The average Bonchev–Trinajstić information content (AvgIpc) is 2.92. The molecule has 3 unspecified atom stereocenters. The van der Waals surface area contributed by atoms with Gasteiger partial charge >= 0.3 is 5.97 Å². The van der Waals surface area contributed by atoms with Crippen molar-refractivity contribution >= 4 is 17.6 Å². The second-order valence-electron chi connectivity index (χ2n) is 3.29. The van der Waals surface area contributed by atoms with E-state index in [1.54, 1.807) is 0 Å². The molecule has 0 amide bonds. The first-order valence-corrected chi connectivity index (χ1v) is 5.19. The molecule has 14 heavy (non-hydrogen) atoms. The number of rotatable bonds is 6. The molecule has 0 aromatic heterocycles. The highest BCUT2D eigenvalue weighted by molar-refractivity contribution is 6.20. The number of epoxide rings is 1. The zero-order chi connectivity index (χ0) is 10.6. The van der Waals surface area contributed by atoms with Gasteiger partial charge in [0.2, 0.25) is 0 Å². The lowest BCUT2D eigenvalue weighted by atomic mass is 10.1. The van der Waals surface area contributed by atoms with Crippen molar-refractivity contribution in [3.8, 4) is 0 Å². The van der Waals surface area contributed by atoms with E-state index in [2.05, 4.69) is 13.5 Å². The lowest BCUT2D eigenvalue weighted by Gasteiger charge is -2.07. The Morgan fingerprint density at radius 2 is 2.43 bits per heavy atom. The van der Waals surface area contributed by atoms with Crippen LogP contribution in [-0.2, 0) is 14.3 Å². The second-order valence-corrected chi connectivity index (χ2v) is 3.91. The van der Waals surface area contributed by atoms with Gasteiger partial charge in [0.1, 0.15) is 6.61 Å². The zero-order valence-corrected chi connectivity index (χ0v) is 9.00. The molecule has 1 aliphatic heterocycles. The Labute approximate surface area is 89.0 Å². The highest BCUT2D eigenvalue weighted by atomic mass is 35.5. The predicted molar refractivity (Wildman–Crippen MR) is 54.4 cm³/mol. The number of alkyl halides is 1. The Balaban J connectivity index is 2.08.